The molecule has 0 saturated heterocycles. The van der Waals surface area contributed by atoms with Crippen LogP contribution in [0.2, 0.25) is 0 Å². The van der Waals surface area contributed by atoms with Crippen LogP contribution in [0, 0.1) is 0 Å². The minimum atomic E-state index is -1.14. The Hall–Kier alpha value is -1.52. The first kappa shape index (κ1) is 17.8. The molecule has 0 unspecified atom stereocenters. The molecule has 2 rings (SSSR count). The van der Waals surface area contributed by atoms with E-state index in [9.17, 15) is 0 Å². The summed E-state index contributed by atoms with van der Waals surface area (Å²) in [5.41, 5.74) is 1.01. The van der Waals surface area contributed by atoms with Gasteiger partial charge in [-0.2, -0.15) is 0 Å². The average Bonchev–Trinajstić information content (AvgIpc) is 3.04. The molecule has 0 atom stereocenters. The van der Waals surface area contributed by atoms with E-state index >= 15 is 0 Å². The summed E-state index contributed by atoms with van der Waals surface area (Å²) in [5.74, 6) is 1.44. The van der Waals surface area contributed by atoms with E-state index in [1.54, 1.807) is 6.08 Å². The van der Waals surface area contributed by atoms with Crippen LogP contribution in [0.25, 0.3) is 12.2 Å². The molecule has 0 N–H and O–H groups in total. The maximum absolute atomic E-state index is 6.08. The molecule has 0 aliphatic heterocycles. The van der Waals surface area contributed by atoms with Gasteiger partial charge in [0.1, 0.15) is 5.75 Å². The Morgan fingerprint density at radius 2 is 1.87 bits per heavy atom. The Labute approximate surface area is 146 Å². The highest BCUT2D eigenvalue weighted by Gasteiger charge is 2.30. The van der Waals surface area contributed by atoms with Crippen molar-refractivity contribution >= 4 is 35.4 Å². The normalized spacial score (nSPS) is 12.0. The van der Waals surface area contributed by atoms with Crippen molar-refractivity contribution in [3.63, 3.8) is 0 Å². The molecule has 1 aromatic heterocycles. The lowest BCUT2D eigenvalue weighted by molar-refractivity contribution is 0.309. The van der Waals surface area contributed by atoms with Crippen LogP contribution in [0.1, 0.15) is 50.5 Å². The number of aromatic nitrogens is 2. The van der Waals surface area contributed by atoms with Gasteiger partial charge in [0.15, 0.2) is 4.33 Å². The Morgan fingerprint density at radius 3 is 2.52 bits per heavy atom. The van der Waals surface area contributed by atoms with E-state index in [0.29, 0.717) is 12.3 Å². The number of hydrogen-bond acceptors (Lipinski definition) is 4. The van der Waals surface area contributed by atoms with Crippen molar-refractivity contribution in [1.82, 2.24) is 10.2 Å². The van der Waals surface area contributed by atoms with E-state index in [-0.39, 0.29) is 5.89 Å². The molecular weight excluding hydrogens is 335 g/mol. The van der Waals surface area contributed by atoms with E-state index in [1.807, 2.05) is 37.3 Å². The quantitative estimate of drug-likeness (QED) is 0.466. The summed E-state index contributed by atoms with van der Waals surface area (Å²) in [6.45, 7) is 4.73. The Morgan fingerprint density at radius 1 is 1.13 bits per heavy atom. The van der Waals surface area contributed by atoms with Gasteiger partial charge in [0.2, 0.25) is 5.89 Å². The predicted octanol–water partition coefficient (Wildman–Crippen LogP) is 5.46. The molecule has 0 bridgehead atoms. The van der Waals surface area contributed by atoms with Crippen LogP contribution in [-0.4, -0.2) is 16.8 Å². The molecule has 0 radical (unpaired) electrons. The third-order valence-electron chi connectivity index (χ3n) is 3.26. The van der Waals surface area contributed by atoms with Crippen molar-refractivity contribution in [2.75, 3.05) is 6.61 Å². The molecule has 0 spiro atoms. The first-order valence-corrected chi connectivity index (χ1v) is 8.43. The Balaban J connectivity index is 1.97. The number of alkyl halides is 2. The van der Waals surface area contributed by atoms with Crippen LogP contribution in [0.15, 0.2) is 28.7 Å². The second kappa shape index (κ2) is 8.37. The third-order valence-corrected chi connectivity index (χ3v) is 4.12. The lowest BCUT2D eigenvalue weighted by Gasteiger charge is -2.10. The molecule has 6 heteroatoms. The maximum atomic E-state index is 6.08. The smallest absolute Gasteiger partial charge is 0.252 e. The van der Waals surface area contributed by atoms with Gasteiger partial charge in [-0.05, 0) is 36.6 Å². The maximum Gasteiger partial charge on any atom is 0.252 e. The molecule has 0 fully saturated rings. The van der Waals surface area contributed by atoms with Crippen LogP contribution in [0.4, 0.5) is 0 Å². The summed E-state index contributed by atoms with van der Waals surface area (Å²) >= 11 is 12.2. The van der Waals surface area contributed by atoms with Crippen molar-refractivity contribution in [3.05, 3.63) is 41.6 Å². The second-order valence-corrected chi connectivity index (χ2v) is 6.59. The monoisotopic (exact) mass is 354 g/mol. The molecule has 1 heterocycles. The van der Waals surface area contributed by atoms with Gasteiger partial charge in [-0.1, -0.05) is 55.6 Å². The standard InChI is InChI=1S/C17H20Cl2N2O2/c1-3-5-12-22-14-9-6-13(7-10-14)8-11-15-20-21-16(23-15)17(18,19)4-2/h6-11H,3-5,12H2,1-2H3/b11-8+. The number of unbranched alkanes of at least 4 members (excludes halogenated alkanes) is 1. The molecule has 1 aromatic carbocycles. The number of rotatable bonds is 8. The summed E-state index contributed by atoms with van der Waals surface area (Å²) in [6.07, 6.45) is 6.27. The lowest BCUT2D eigenvalue weighted by atomic mass is 10.2. The molecule has 23 heavy (non-hydrogen) atoms. The first-order valence-electron chi connectivity index (χ1n) is 7.68. The van der Waals surface area contributed by atoms with Gasteiger partial charge in [0, 0.05) is 6.08 Å². The summed E-state index contributed by atoms with van der Waals surface area (Å²) in [7, 11) is 0. The van der Waals surface area contributed by atoms with Crippen molar-refractivity contribution < 1.29 is 9.15 Å². The van der Waals surface area contributed by atoms with Crippen molar-refractivity contribution in [3.8, 4) is 5.75 Å². The fourth-order valence-electron chi connectivity index (χ4n) is 1.78. The first-order chi connectivity index (χ1) is 11.0. The summed E-state index contributed by atoms with van der Waals surface area (Å²) in [6, 6.07) is 7.81. The number of halogens is 2. The van der Waals surface area contributed by atoms with Gasteiger partial charge in [-0.3, -0.25) is 0 Å². The largest absolute Gasteiger partial charge is 0.494 e. The van der Waals surface area contributed by atoms with Gasteiger partial charge < -0.3 is 9.15 Å². The van der Waals surface area contributed by atoms with Crippen LogP contribution in [-0.2, 0) is 4.33 Å². The minimum absolute atomic E-state index is 0.211. The van der Waals surface area contributed by atoms with E-state index in [0.717, 1.165) is 30.8 Å². The fourth-order valence-corrected chi connectivity index (χ4v) is 1.93. The summed E-state index contributed by atoms with van der Waals surface area (Å²) < 4.78 is 9.93. The van der Waals surface area contributed by atoms with Crippen molar-refractivity contribution in [2.45, 2.75) is 37.4 Å². The SMILES string of the molecule is CCCCOc1ccc(/C=C/c2nnc(C(Cl)(Cl)CC)o2)cc1. The topological polar surface area (TPSA) is 48.2 Å². The van der Waals surface area contributed by atoms with Gasteiger partial charge >= 0.3 is 0 Å². The van der Waals surface area contributed by atoms with Gasteiger partial charge in [0.05, 0.1) is 6.61 Å². The van der Waals surface area contributed by atoms with Crippen LogP contribution >= 0.6 is 23.2 Å². The van der Waals surface area contributed by atoms with Gasteiger partial charge in [0.25, 0.3) is 5.89 Å². The predicted molar refractivity (Wildman–Crippen MR) is 93.7 cm³/mol. The average molecular weight is 355 g/mol. The number of nitrogens with zero attached hydrogens (tertiary/aromatic N) is 2. The summed E-state index contributed by atoms with van der Waals surface area (Å²) in [5, 5.41) is 7.79. The van der Waals surface area contributed by atoms with Gasteiger partial charge in [-0.25, -0.2) is 0 Å². The highest BCUT2D eigenvalue weighted by Crippen LogP contribution is 2.36. The fraction of sp³-hybridized carbons (Fsp3) is 0.412. The zero-order valence-corrected chi connectivity index (χ0v) is 14.8. The van der Waals surface area contributed by atoms with Crippen molar-refractivity contribution in [2.24, 2.45) is 0 Å². The number of benzene rings is 1. The van der Waals surface area contributed by atoms with Crippen LogP contribution in [0.3, 0.4) is 0 Å². The van der Waals surface area contributed by atoms with E-state index < -0.39 is 4.33 Å². The van der Waals surface area contributed by atoms with Crippen molar-refractivity contribution in [1.29, 1.82) is 0 Å². The van der Waals surface area contributed by atoms with Crippen LogP contribution in [0.5, 0.6) is 5.75 Å². The molecule has 124 valence electrons. The minimum Gasteiger partial charge on any atom is -0.494 e. The number of ether oxygens (including phenoxy) is 1. The number of hydrogen-bond donors (Lipinski definition) is 0. The van der Waals surface area contributed by atoms with E-state index in [2.05, 4.69) is 17.1 Å². The molecule has 4 nitrogen and oxygen atoms in total. The molecular formula is C17H20Cl2N2O2. The molecule has 2 aromatic rings. The highest BCUT2D eigenvalue weighted by atomic mass is 35.5. The third kappa shape index (κ3) is 5.26. The zero-order chi connectivity index (χ0) is 16.7. The zero-order valence-electron chi connectivity index (χ0n) is 13.3. The molecule has 0 amide bonds. The van der Waals surface area contributed by atoms with Crippen LogP contribution < -0.4 is 4.74 Å². The molecule has 0 aliphatic carbocycles. The second-order valence-electron chi connectivity index (χ2n) is 5.11. The lowest BCUT2D eigenvalue weighted by Crippen LogP contribution is -2.08. The molecule has 0 aliphatic rings. The Bertz CT molecular complexity index is 636. The van der Waals surface area contributed by atoms with E-state index in [4.69, 9.17) is 32.4 Å². The highest BCUT2D eigenvalue weighted by molar-refractivity contribution is 6.47. The summed E-state index contributed by atoms with van der Waals surface area (Å²) in [4.78, 5) is 0. The molecule has 0 saturated carbocycles. The van der Waals surface area contributed by atoms with E-state index in [1.165, 1.54) is 0 Å². The van der Waals surface area contributed by atoms with Gasteiger partial charge in [-0.15, -0.1) is 10.2 Å². The Kier molecular flexibility index (Phi) is 6.48.